The highest BCUT2D eigenvalue weighted by molar-refractivity contribution is 6.31. The summed E-state index contributed by atoms with van der Waals surface area (Å²) in [7, 11) is 0. The molecule has 0 fully saturated rings. The van der Waals surface area contributed by atoms with Crippen molar-refractivity contribution in [3.05, 3.63) is 92.5 Å². The van der Waals surface area contributed by atoms with Gasteiger partial charge in [-0.15, -0.1) is 0 Å². The minimum Gasteiger partial charge on any atom is -0.457 e. The van der Waals surface area contributed by atoms with Crippen LogP contribution in [0.15, 0.2) is 54.7 Å². The Morgan fingerprint density at radius 2 is 1.89 bits per heavy atom. The highest BCUT2D eigenvalue weighted by Gasteiger charge is 2.30. The normalized spacial score (nSPS) is 11.4. The zero-order valence-electron chi connectivity index (χ0n) is 19.3. The summed E-state index contributed by atoms with van der Waals surface area (Å²) in [6.45, 7) is 3.75. The number of nitro benzene ring substituents is 1. The Morgan fingerprint density at radius 3 is 2.54 bits per heavy atom. The maximum atomic E-state index is 13.0. The molecule has 0 aliphatic heterocycles. The number of carbonyl (C=O) groups excluding carboxylic acids is 1. The summed E-state index contributed by atoms with van der Waals surface area (Å²) in [5.41, 5.74) is -0.00166. The molecule has 0 unspecified atom stereocenters. The Bertz CT molecular complexity index is 1500. The Labute approximate surface area is 212 Å². The van der Waals surface area contributed by atoms with Crippen molar-refractivity contribution in [3.63, 3.8) is 0 Å². The number of aromatic nitrogens is 4. The molecule has 0 aliphatic carbocycles. The molecule has 192 valence electrons. The minimum atomic E-state index is -4.59. The molecular formula is C23H18ClF3N6O4. The molecular weight excluding hydrogens is 517 g/mol. The number of alkyl halides is 3. The van der Waals surface area contributed by atoms with Crippen molar-refractivity contribution in [3.8, 4) is 11.5 Å². The van der Waals surface area contributed by atoms with E-state index in [1.165, 1.54) is 22.9 Å². The van der Waals surface area contributed by atoms with E-state index in [9.17, 15) is 28.1 Å². The summed E-state index contributed by atoms with van der Waals surface area (Å²) in [5, 5.41) is 22.9. The van der Waals surface area contributed by atoms with E-state index in [0.717, 1.165) is 36.0 Å². The van der Waals surface area contributed by atoms with Crippen LogP contribution in [0, 0.1) is 24.0 Å². The summed E-state index contributed by atoms with van der Waals surface area (Å²) in [6.07, 6.45) is -3.04. The van der Waals surface area contributed by atoms with Gasteiger partial charge in [-0.3, -0.25) is 19.6 Å². The fraction of sp³-hybridized carbons (Fsp3) is 0.174. The van der Waals surface area contributed by atoms with Gasteiger partial charge in [0.1, 0.15) is 18.2 Å². The monoisotopic (exact) mass is 534 g/mol. The lowest BCUT2D eigenvalue weighted by atomic mass is 10.2. The van der Waals surface area contributed by atoms with Gasteiger partial charge in [-0.1, -0.05) is 17.7 Å². The van der Waals surface area contributed by atoms with E-state index >= 15 is 0 Å². The molecule has 2 aromatic carbocycles. The first-order chi connectivity index (χ1) is 17.4. The van der Waals surface area contributed by atoms with Gasteiger partial charge < -0.3 is 10.1 Å². The van der Waals surface area contributed by atoms with Crippen LogP contribution >= 0.6 is 11.6 Å². The first-order valence-electron chi connectivity index (χ1n) is 10.6. The zero-order chi connectivity index (χ0) is 26.9. The zero-order valence-corrected chi connectivity index (χ0v) is 20.0. The number of nitrogens with zero attached hydrogens (tertiary/aromatic N) is 5. The predicted molar refractivity (Wildman–Crippen MR) is 127 cm³/mol. The molecule has 0 saturated heterocycles. The van der Waals surface area contributed by atoms with Gasteiger partial charge in [0, 0.05) is 18.3 Å². The number of hydrogen-bond donors (Lipinski definition) is 1. The van der Waals surface area contributed by atoms with E-state index in [4.69, 9.17) is 16.3 Å². The summed E-state index contributed by atoms with van der Waals surface area (Å²) < 4.78 is 47.5. The van der Waals surface area contributed by atoms with E-state index in [1.54, 1.807) is 24.7 Å². The van der Waals surface area contributed by atoms with Gasteiger partial charge >= 0.3 is 6.18 Å². The number of anilines is 1. The van der Waals surface area contributed by atoms with Crippen molar-refractivity contribution in [1.29, 1.82) is 0 Å². The van der Waals surface area contributed by atoms with Crippen LogP contribution in [0.1, 0.15) is 27.4 Å². The largest absolute Gasteiger partial charge is 0.457 e. The highest BCUT2D eigenvalue weighted by atomic mass is 35.5. The molecule has 0 radical (unpaired) electrons. The third-order valence-corrected chi connectivity index (χ3v) is 5.75. The van der Waals surface area contributed by atoms with Crippen LogP contribution in [0.3, 0.4) is 0 Å². The van der Waals surface area contributed by atoms with Crippen LogP contribution in [-0.4, -0.2) is 30.4 Å². The van der Waals surface area contributed by atoms with E-state index in [2.05, 4.69) is 15.5 Å². The summed E-state index contributed by atoms with van der Waals surface area (Å²) >= 11 is 6.15. The SMILES string of the molecule is Cc1nn(Cn2ccc(C(=O)Nc3cc(Oc4cccc(C(F)(F)F)c4)cc([N+](=O)[O-])c3)n2)c(C)c1Cl. The second-order valence-corrected chi connectivity index (χ2v) is 8.30. The van der Waals surface area contributed by atoms with Crippen molar-refractivity contribution in [1.82, 2.24) is 19.6 Å². The summed E-state index contributed by atoms with van der Waals surface area (Å²) in [4.78, 5) is 23.4. The van der Waals surface area contributed by atoms with Gasteiger partial charge in [-0.2, -0.15) is 23.4 Å². The average Bonchev–Trinajstić information content (AvgIpc) is 3.39. The molecule has 10 nitrogen and oxygen atoms in total. The number of halogens is 4. The molecule has 4 aromatic rings. The molecule has 0 aliphatic rings. The number of ether oxygens (including phenoxy) is 1. The van der Waals surface area contributed by atoms with Crippen molar-refractivity contribution >= 4 is 28.9 Å². The highest BCUT2D eigenvalue weighted by Crippen LogP contribution is 2.34. The Balaban J connectivity index is 1.53. The lowest BCUT2D eigenvalue weighted by Crippen LogP contribution is -2.16. The first-order valence-corrected chi connectivity index (χ1v) is 11.0. The summed E-state index contributed by atoms with van der Waals surface area (Å²) in [6, 6.07) is 8.87. The number of aryl methyl sites for hydroxylation is 1. The number of benzene rings is 2. The number of non-ortho nitro benzene ring substituents is 1. The van der Waals surface area contributed by atoms with Crippen LogP contribution in [0.2, 0.25) is 5.02 Å². The third-order valence-electron chi connectivity index (χ3n) is 5.20. The fourth-order valence-corrected chi connectivity index (χ4v) is 3.53. The number of hydrogen-bond acceptors (Lipinski definition) is 6. The van der Waals surface area contributed by atoms with Gasteiger partial charge in [0.05, 0.1) is 38.7 Å². The molecule has 0 spiro atoms. The Kier molecular flexibility index (Phi) is 6.90. The molecule has 2 heterocycles. The smallest absolute Gasteiger partial charge is 0.416 e. The minimum absolute atomic E-state index is 0.0129. The van der Waals surface area contributed by atoms with Crippen LogP contribution in [0.4, 0.5) is 24.5 Å². The number of nitro groups is 1. The Hall–Kier alpha value is -4.39. The molecule has 37 heavy (non-hydrogen) atoms. The predicted octanol–water partition coefficient (Wildman–Crippen LogP) is 5.83. The van der Waals surface area contributed by atoms with Crippen LogP contribution in [0.25, 0.3) is 0 Å². The van der Waals surface area contributed by atoms with Crippen molar-refractivity contribution < 1.29 is 27.6 Å². The third kappa shape index (κ3) is 5.89. The maximum Gasteiger partial charge on any atom is 0.416 e. The number of nitrogens with one attached hydrogen (secondary N) is 1. The molecule has 4 rings (SSSR count). The van der Waals surface area contributed by atoms with Gasteiger partial charge in [-0.25, -0.2) is 4.68 Å². The van der Waals surface area contributed by atoms with Gasteiger partial charge in [0.2, 0.25) is 0 Å². The van der Waals surface area contributed by atoms with Gasteiger partial charge in [-0.05, 0) is 38.1 Å². The van der Waals surface area contributed by atoms with E-state index < -0.39 is 28.3 Å². The topological polar surface area (TPSA) is 117 Å². The average molecular weight is 535 g/mol. The molecule has 1 amide bonds. The first kappa shape index (κ1) is 25.7. The lowest BCUT2D eigenvalue weighted by molar-refractivity contribution is -0.384. The quantitative estimate of drug-likeness (QED) is 0.235. The molecule has 1 N–H and O–H groups in total. The van der Waals surface area contributed by atoms with Crippen molar-refractivity contribution in [2.24, 2.45) is 0 Å². The number of rotatable bonds is 7. The van der Waals surface area contributed by atoms with Crippen LogP contribution < -0.4 is 10.1 Å². The van der Waals surface area contributed by atoms with Crippen molar-refractivity contribution in [2.45, 2.75) is 26.7 Å². The molecule has 0 saturated carbocycles. The van der Waals surface area contributed by atoms with E-state index in [0.29, 0.717) is 10.7 Å². The van der Waals surface area contributed by atoms with Gasteiger partial charge in [0.25, 0.3) is 11.6 Å². The van der Waals surface area contributed by atoms with E-state index in [-0.39, 0.29) is 29.5 Å². The standard InChI is InChI=1S/C23H18ClF3N6O4/c1-13-21(24)14(2)32(29-13)12-31-7-6-20(30-31)22(34)28-16-9-17(33(35)36)11-19(10-16)37-18-5-3-4-15(8-18)23(25,26)27/h3-11H,12H2,1-2H3,(H,28,34). The van der Waals surface area contributed by atoms with E-state index in [1.807, 2.05) is 0 Å². The lowest BCUT2D eigenvalue weighted by Gasteiger charge is -2.11. The molecule has 2 aromatic heterocycles. The molecule has 0 atom stereocenters. The number of carbonyl (C=O) groups is 1. The second-order valence-electron chi connectivity index (χ2n) is 7.92. The fourth-order valence-electron chi connectivity index (χ4n) is 3.40. The molecule has 0 bridgehead atoms. The van der Waals surface area contributed by atoms with Gasteiger partial charge in [0.15, 0.2) is 5.69 Å². The Morgan fingerprint density at radius 1 is 1.14 bits per heavy atom. The number of amides is 1. The second kappa shape index (κ2) is 9.93. The molecule has 14 heteroatoms. The summed E-state index contributed by atoms with van der Waals surface area (Å²) in [5.74, 6) is -0.998. The maximum absolute atomic E-state index is 13.0. The van der Waals surface area contributed by atoms with Crippen LogP contribution in [0.5, 0.6) is 11.5 Å². The van der Waals surface area contributed by atoms with Crippen molar-refractivity contribution in [2.75, 3.05) is 5.32 Å². The van der Waals surface area contributed by atoms with Crippen LogP contribution in [-0.2, 0) is 12.8 Å².